The molecule has 0 aliphatic heterocycles. The van der Waals surface area contributed by atoms with Crippen LogP contribution in [-0.2, 0) is 14.3 Å². The van der Waals surface area contributed by atoms with Crippen molar-refractivity contribution in [2.45, 2.75) is 63.5 Å². The van der Waals surface area contributed by atoms with Crippen molar-refractivity contribution in [2.75, 3.05) is 6.61 Å². The van der Waals surface area contributed by atoms with Crippen LogP contribution in [0.4, 0.5) is 4.79 Å². The fraction of sp³-hybridized carbons (Fsp3) is 0.444. The Morgan fingerprint density at radius 2 is 1.62 bits per heavy atom. The summed E-state index contributed by atoms with van der Waals surface area (Å²) in [7, 11) is 0. The van der Waals surface area contributed by atoms with Gasteiger partial charge in [-0.15, -0.1) is 0 Å². The quantitative estimate of drug-likeness (QED) is 0.482. The number of benzene rings is 2. The molecule has 3 N–H and O–H groups in total. The van der Waals surface area contributed by atoms with Crippen molar-refractivity contribution in [3.63, 3.8) is 0 Å². The van der Waals surface area contributed by atoms with Crippen molar-refractivity contribution in [3.8, 4) is 11.1 Å². The van der Waals surface area contributed by atoms with E-state index in [0.29, 0.717) is 18.8 Å². The highest BCUT2D eigenvalue weighted by Gasteiger charge is 2.34. The van der Waals surface area contributed by atoms with Crippen LogP contribution in [0.2, 0.25) is 0 Å². The lowest BCUT2D eigenvalue weighted by Crippen LogP contribution is -2.53. The first-order chi connectivity index (χ1) is 16.2. The van der Waals surface area contributed by atoms with E-state index in [-0.39, 0.29) is 24.9 Å². The van der Waals surface area contributed by atoms with Gasteiger partial charge in [-0.2, -0.15) is 0 Å². The molecular weight excluding hydrogens is 432 g/mol. The molecule has 2 amide bonds. The molecule has 2 aliphatic carbocycles. The maximum absolute atomic E-state index is 13.0. The van der Waals surface area contributed by atoms with E-state index in [1.165, 1.54) is 0 Å². The van der Waals surface area contributed by atoms with Gasteiger partial charge in [0, 0.05) is 17.9 Å². The van der Waals surface area contributed by atoms with Gasteiger partial charge in [0.2, 0.25) is 5.91 Å². The third-order valence-electron chi connectivity index (χ3n) is 6.64. The molecule has 1 unspecified atom stereocenters. The molecule has 0 spiro atoms. The van der Waals surface area contributed by atoms with Crippen LogP contribution in [0.25, 0.3) is 11.1 Å². The zero-order chi connectivity index (χ0) is 24.3. The Labute approximate surface area is 199 Å². The highest BCUT2D eigenvalue weighted by Crippen LogP contribution is 2.44. The number of hydrogen-bond donors (Lipinski definition) is 3. The molecule has 1 saturated carbocycles. The van der Waals surface area contributed by atoms with Gasteiger partial charge in [0.05, 0.1) is 0 Å². The fourth-order valence-corrected chi connectivity index (χ4v) is 4.60. The molecule has 34 heavy (non-hydrogen) atoms. The van der Waals surface area contributed by atoms with Crippen LogP contribution in [0.5, 0.6) is 0 Å². The largest absolute Gasteiger partial charge is 0.481 e. The summed E-state index contributed by atoms with van der Waals surface area (Å²) in [5, 5.41) is 14.6. The molecule has 0 radical (unpaired) electrons. The van der Waals surface area contributed by atoms with Crippen molar-refractivity contribution in [3.05, 3.63) is 59.7 Å². The number of carbonyl (C=O) groups excluding carboxylic acids is 2. The third-order valence-corrected chi connectivity index (χ3v) is 6.64. The summed E-state index contributed by atoms with van der Waals surface area (Å²) in [6, 6.07) is 15.5. The second kappa shape index (κ2) is 9.87. The predicted molar refractivity (Wildman–Crippen MR) is 128 cm³/mol. The minimum atomic E-state index is -0.909. The summed E-state index contributed by atoms with van der Waals surface area (Å²) in [5.74, 6) is -0.861. The summed E-state index contributed by atoms with van der Waals surface area (Å²) in [6.07, 6.45) is 2.27. The molecule has 7 heteroatoms. The number of ether oxygens (including phenoxy) is 1. The van der Waals surface area contributed by atoms with Gasteiger partial charge >= 0.3 is 12.1 Å². The van der Waals surface area contributed by atoms with Crippen molar-refractivity contribution in [2.24, 2.45) is 5.92 Å². The second-order valence-electron chi connectivity index (χ2n) is 9.97. The molecular formula is C27H32N2O5. The molecule has 1 fully saturated rings. The Balaban J connectivity index is 1.38. The highest BCUT2D eigenvalue weighted by atomic mass is 16.5. The smallest absolute Gasteiger partial charge is 0.407 e. The Kier molecular flexibility index (Phi) is 6.91. The number of rotatable bonds is 10. The predicted octanol–water partition coefficient (Wildman–Crippen LogP) is 4.45. The average molecular weight is 465 g/mol. The Hall–Kier alpha value is -3.35. The van der Waals surface area contributed by atoms with Gasteiger partial charge in [-0.25, -0.2) is 4.79 Å². The summed E-state index contributed by atoms with van der Waals surface area (Å²) < 4.78 is 5.62. The summed E-state index contributed by atoms with van der Waals surface area (Å²) >= 11 is 0. The van der Waals surface area contributed by atoms with Gasteiger partial charge in [0.15, 0.2) is 0 Å². The van der Waals surface area contributed by atoms with E-state index in [9.17, 15) is 14.4 Å². The van der Waals surface area contributed by atoms with Gasteiger partial charge in [-0.3, -0.25) is 9.59 Å². The van der Waals surface area contributed by atoms with Gasteiger partial charge in [0.25, 0.3) is 0 Å². The fourth-order valence-electron chi connectivity index (χ4n) is 4.60. The maximum Gasteiger partial charge on any atom is 0.407 e. The Bertz CT molecular complexity index is 1030. The van der Waals surface area contributed by atoms with E-state index >= 15 is 0 Å². The highest BCUT2D eigenvalue weighted by molar-refractivity contribution is 5.86. The Morgan fingerprint density at radius 1 is 1.03 bits per heavy atom. The maximum atomic E-state index is 13.0. The normalized spacial score (nSPS) is 15.7. The first-order valence-electron chi connectivity index (χ1n) is 11.9. The minimum absolute atomic E-state index is 0.0413. The van der Waals surface area contributed by atoms with Crippen LogP contribution in [0, 0.1) is 5.92 Å². The van der Waals surface area contributed by atoms with E-state index in [0.717, 1.165) is 35.1 Å². The SMILES string of the molecule is CC(C)(CCC(=O)O)NC(=O)C(CC1CC1)NC(=O)OCC1c2ccccc2-c2ccccc21. The number of alkyl carbamates (subject to hydrolysis) is 1. The number of aliphatic carboxylic acids is 1. The van der Waals surface area contributed by atoms with Crippen LogP contribution in [0.3, 0.4) is 0 Å². The van der Waals surface area contributed by atoms with Crippen molar-refractivity contribution in [1.29, 1.82) is 0 Å². The van der Waals surface area contributed by atoms with Gasteiger partial charge in [-0.05, 0) is 54.9 Å². The third kappa shape index (κ3) is 5.76. The molecule has 0 aromatic heterocycles. The lowest BCUT2D eigenvalue weighted by Gasteiger charge is -2.29. The number of carboxylic acids is 1. The first-order valence-corrected chi connectivity index (χ1v) is 11.9. The van der Waals surface area contributed by atoms with Gasteiger partial charge in [0.1, 0.15) is 12.6 Å². The topological polar surface area (TPSA) is 105 Å². The molecule has 2 aromatic carbocycles. The molecule has 7 nitrogen and oxygen atoms in total. The number of carboxylic acid groups (broad SMARTS) is 1. The molecule has 180 valence electrons. The van der Waals surface area contributed by atoms with Crippen LogP contribution < -0.4 is 10.6 Å². The van der Waals surface area contributed by atoms with Crippen molar-refractivity contribution in [1.82, 2.24) is 10.6 Å². The summed E-state index contributed by atoms with van der Waals surface area (Å²) in [4.78, 5) is 36.6. The number of fused-ring (bicyclic) bond motifs is 3. The summed E-state index contributed by atoms with van der Waals surface area (Å²) in [6.45, 7) is 3.76. The van der Waals surface area contributed by atoms with Crippen molar-refractivity contribution >= 4 is 18.0 Å². The molecule has 0 heterocycles. The second-order valence-corrected chi connectivity index (χ2v) is 9.97. The standard InChI is InChI=1S/C27H32N2O5/c1-27(2,14-13-24(30)31)29-25(32)23(15-17-11-12-17)28-26(33)34-16-22-20-9-5-3-7-18(20)19-8-4-6-10-21(19)22/h3-10,17,22-23H,11-16H2,1-2H3,(H,28,33)(H,29,32)(H,30,31). The minimum Gasteiger partial charge on any atom is -0.481 e. The average Bonchev–Trinajstić information content (AvgIpc) is 3.56. The molecule has 0 saturated heterocycles. The number of carbonyl (C=O) groups is 3. The monoisotopic (exact) mass is 464 g/mol. The lowest BCUT2D eigenvalue weighted by atomic mass is 9.97. The molecule has 2 aliphatic rings. The molecule has 2 aromatic rings. The zero-order valence-corrected chi connectivity index (χ0v) is 19.7. The van der Waals surface area contributed by atoms with Crippen LogP contribution in [0.15, 0.2) is 48.5 Å². The van der Waals surface area contributed by atoms with E-state index in [1.54, 1.807) is 13.8 Å². The Morgan fingerprint density at radius 3 is 2.18 bits per heavy atom. The number of nitrogens with one attached hydrogen (secondary N) is 2. The van der Waals surface area contributed by atoms with Crippen LogP contribution >= 0.6 is 0 Å². The van der Waals surface area contributed by atoms with Crippen LogP contribution in [-0.4, -0.2) is 41.3 Å². The zero-order valence-electron chi connectivity index (χ0n) is 19.7. The van der Waals surface area contributed by atoms with E-state index in [2.05, 4.69) is 34.9 Å². The lowest BCUT2D eigenvalue weighted by molar-refractivity contribution is -0.138. The van der Waals surface area contributed by atoms with Gasteiger partial charge in [-0.1, -0.05) is 61.4 Å². The number of amides is 2. The van der Waals surface area contributed by atoms with Gasteiger partial charge < -0.3 is 20.5 Å². The van der Waals surface area contributed by atoms with E-state index < -0.39 is 23.6 Å². The summed E-state index contributed by atoms with van der Waals surface area (Å²) in [5.41, 5.74) is 3.87. The molecule has 4 rings (SSSR count). The molecule has 0 bridgehead atoms. The van der Waals surface area contributed by atoms with E-state index in [4.69, 9.17) is 9.84 Å². The van der Waals surface area contributed by atoms with Crippen molar-refractivity contribution < 1.29 is 24.2 Å². The number of hydrogen-bond acceptors (Lipinski definition) is 4. The van der Waals surface area contributed by atoms with E-state index in [1.807, 2.05) is 24.3 Å². The first kappa shape index (κ1) is 23.8. The molecule has 1 atom stereocenters. The van der Waals surface area contributed by atoms with Crippen LogP contribution in [0.1, 0.15) is 63.0 Å².